The Labute approximate surface area is 108 Å². The molecule has 1 aromatic carbocycles. The molecule has 1 unspecified atom stereocenters. The molecule has 0 aromatic heterocycles. The molecule has 1 aliphatic carbocycles. The zero-order valence-corrected chi connectivity index (χ0v) is 11.7. The van der Waals surface area contributed by atoms with E-state index in [-0.39, 0.29) is 0 Å². The third kappa shape index (κ3) is 2.51. The van der Waals surface area contributed by atoms with Crippen LogP contribution in [0.4, 0.5) is 0 Å². The van der Waals surface area contributed by atoms with Gasteiger partial charge in [-0.2, -0.15) is 0 Å². The fraction of sp³-hybridized carbons (Fsp3) is 0.600. The maximum absolute atomic E-state index is 3.96. The molecule has 0 saturated heterocycles. The maximum Gasteiger partial charge on any atom is 0.0242 e. The summed E-state index contributed by atoms with van der Waals surface area (Å²) in [7, 11) is 0. The third-order valence-corrected chi connectivity index (χ3v) is 5.52. The Morgan fingerprint density at radius 3 is 2.38 bits per heavy atom. The molecule has 0 nitrogen and oxygen atoms in total. The average Bonchev–Trinajstić information content (AvgIpc) is 2.80. The van der Waals surface area contributed by atoms with Crippen molar-refractivity contribution in [2.24, 2.45) is 5.41 Å². The van der Waals surface area contributed by atoms with Crippen LogP contribution in [0.3, 0.4) is 0 Å². The second-order valence-electron chi connectivity index (χ2n) is 5.08. The summed E-state index contributed by atoms with van der Waals surface area (Å²) in [6.07, 6.45) is 8.15. The minimum atomic E-state index is 0.565. The van der Waals surface area contributed by atoms with Gasteiger partial charge in [0.1, 0.15) is 0 Å². The summed E-state index contributed by atoms with van der Waals surface area (Å²) < 4.78 is 0. The lowest BCUT2D eigenvalue weighted by atomic mass is 9.78. The monoisotopic (exact) mass is 280 g/mol. The van der Waals surface area contributed by atoms with E-state index in [0.29, 0.717) is 10.2 Å². The summed E-state index contributed by atoms with van der Waals surface area (Å²) in [5.74, 6) is 0. The predicted molar refractivity (Wildman–Crippen MR) is 74.1 cm³/mol. The van der Waals surface area contributed by atoms with Crippen LogP contribution in [0.15, 0.2) is 30.3 Å². The van der Waals surface area contributed by atoms with Crippen LogP contribution in [-0.2, 0) is 6.42 Å². The topological polar surface area (TPSA) is 0 Å². The molecule has 0 amide bonds. The Hall–Kier alpha value is -0.300. The van der Waals surface area contributed by atoms with Crippen molar-refractivity contribution in [2.75, 3.05) is 0 Å². The van der Waals surface area contributed by atoms with Gasteiger partial charge < -0.3 is 0 Å². The van der Waals surface area contributed by atoms with Gasteiger partial charge in [-0.25, -0.2) is 0 Å². The summed E-state index contributed by atoms with van der Waals surface area (Å²) in [5.41, 5.74) is 2.03. The van der Waals surface area contributed by atoms with Crippen LogP contribution >= 0.6 is 15.9 Å². The van der Waals surface area contributed by atoms with Gasteiger partial charge in [0.25, 0.3) is 0 Å². The number of hydrogen-bond acceptors (Lipinski definition) is 0. The first kappa shape index (κ1) is 12.2. The van der Waals surface area contributed by atoms with E-state index in [1.165, 1.54) is 44.1 Å². The molecule has 1 atom stereocenters. The minimum absolute atomic E-state index is 0.565. The van der Waals surface area contributed by atoms with E-state index in [0.717, 1.165) is 0 Å². The molecule has 0 bridgehead atoms. The molecule has 88 valence electrons. The summed E-state index contributed by atoms with van der Waals surface area (Å²) in [6.45, 7) is 2.35. The summed E-state index contributed by atoms with van der Waals surface area (Å²) >= 11 is 3.96. The Morgan fingerprint density at radius 1 is 1.19 bits per heavy atom. The van der Waals surface area contributed by atoms with E-state index in [1.54, 1.807) is 0 Å². The van der Waals surface area contributed by atoms with Crippen molar-refractivity contribution in [3.05, 3.63) is 35.9 Å². The van der Waals surface area contributed by atoms with E-state index in [4.69, 9.17) is 0 Å². The second kappa shape index (κ2) is 5.35. The standard InChI is InChI=1S/C15H21Br/c1-2-15(10-6-7-11-15)14(16)12-13-8-4-3-5-9-13/h3-5,8-9,14H,2,6-7,10-12H2,1H3. The molecule has 0 aliphatic heterocycles. The highest BCUT2D eigenvalue weighted by molar-refractivity contribution is 9.09. The number of hydrogen-bond donors (Lipinski definition) is 0. The first-order chi connectivity index (χ1) is 7.77. The van der Waals surface area contributed by atoms with Crippen LogP contribution in [0, 0.1) is 5.41 Å². The van der Waals surface area contributed by atoms with Crippen molar-refractivity contribution in [1.29, 1.82) is 0 Å². The lowest BCUT2D eigenvalue weighted by Gasteiger charge is -2.33. The molecule has 1 saturated carbocycles. The van der Waals surface area contributed by atoms with Crippen LogP contribution in [0.25, 0.3) is 0 Å². The predicted octanol–water partition coefficient (Wildman–Crippen LogP) is 4.96. The molecule has 1 fully saturated rings. The van der Waals surface area contributed by atoms with Crippen LogP contribution in [0.1, 0.15) is 44.6 Å². The zero-order valence-electron chi connectivity index (χ0n) is 10.1. The quantitative estimate of drug-likeness (QED) is 0.684. The summed E-state index contributed by atoms with van der Waals surface area (Å²) in [6, 6.07) is 10.9. The SMILES string of the molecule is CCC1(C(Br)Cc2ccccc2)CCCC1. The van der Waals surface area contributed by atoms with Crippen LogP contribution in [-0.4, -0.2) is 4.83 Å². The highest BCUT2D eigenvalue weighted by Gasteiger charge is 2.38. The first-order valence-electron chi connectivity index (χ1n) is 6.45. The van der Waals surface area contributed by atoms with Gasteiger partial charge in [0, 0.05) is 4.83 Å². The number of rotatable bonds is 4. The molecule has 2 rings (SSSR count). The van der Waals surface area contributed by atoms with Gasteiger partial charge in [-0.15, -0.1) is 0 Å². The van der Waals surface area contributed by atoms with Crippen molar-refractivity contribution < 1.29 is 0 Å². The van der Waals surface area contributed by atoms with Gasteiger partial charge in [-0.3, -0.25) is 0 Å². The Morgan fingerprint density at radius 2 is 1.81 bits per heavy atom. The average molecular weight is 281 g/mol. The molecule has 0 radical (unpaired) electrons. The smallest absolute Gasteiger partial charge is 0.0242 e. The maximum atomic E-state index is 3.96. The Bertz CT molecular complexity index is 311. The second-order valence-corrected chi connectivity index (χ2v) is 6.19. The van der Waals surface area contributed by atoms with Gasteiger partial charge >= 0.3 is 0 Å². The van der Waals surface area contributed by atoms with Crippen LogP contribution < -0.4 is 0 Å². The van der Waals surface area contributed by atoms with E-state index < -0.39 is 0 Å². The molecule has 1 aliphatic rings. The van der Waals surface area contributed by atoms with Gasteiger partial charge in [0.15, 0.2) is 0 Å². The molecular weight excluding hydrogens is 260 g/mol. The molecule has 16 heavy (non-hydrogen) atoms. The number of halogens is 1. The van der Waals surface area contributed by atoms with E-state index in [2.05, 4.69) is 53.2 Å². The molecule has 0 spiro atoms. The molecule has 0 heterocycles. The summed E-state index contributed by atoms with van der Waals surface area (Å²) in [5, 5.41) is 0. The minimum Gasteiger partial charge on any atom is -0.0881 e. The Kier molecular flexibility index (Phi) is 4.07. The Balaban J connectivity index is 2.04. The number of benzene rings is 1. The fourth-order valence-corrected chi connectivity index (χ4v) is 4.16. The van der Waals surface area contributed by atoms with Crippen LogP contribution in [0.2, 0.25) is 0 Å². The van der Waals surface area contributed by atoms with Crippen molar-refractivity contribution in [1.82, 2.24) is 0 Å². The number of alkyl halides is 1. The van der Waals surface area contributed by atoms with Crippen molar-refractivity contribution in [2.45, 2.75) is 50.3 Å². The van der Waals surface area contributed by atoms with Crippen molar-refractivity contribution in [3.63, 3.8) is 0 Å². The fourth-order valence-electron chi connectivity index (χ4n) is 3.00. The van der Waals surface area contributed by atoms with Crippen molar-refractivity contribution in [3.8, 4) is 0 Å². The largest absolute Gasteiger partial charge is 0.0881 e. The first-order valence-corrected chi connectivity index (χ1v) is 7.36. The highest BCUT2D eigenvalue weighted by Crippen LogP contribution is 2.47. The van der Waals surface area contributed by atoms with Gasteiger partial charge in [-0.1, -0.05) is 66.0 Å². The van der Waals surface area contributed by atoms with Crippen molar-refractivity contribution >= 4 is 15.9 Å². The molecule has 1 heteroatoms. The molecular formula is C15H21Br. The van der Waals surface area contributed by atoms with Crippen LogP contribution in [0.5, 0.6) is 0 Å². The van der Waals surface area contributed by atoms with Gasteiger partial charge in [0.05, 0.1) is 0 Å². The van der Waals surface area contributed by atoms with Gasteiger partial charge in [-0.05, 0) is 36.7 Å². The van der Waals surface area contributed by atoms with E-state index in [1.807, 2.05) is 0 Å². The lowest BCUT2D eigenvalue weighted by Crippen LogP contribution is -2.29. The molecule has 0 N–H and O–H groups in total. The normalized spacial score (nSPS) is 20.9. The lowest BCUT2D eigenvalue weighted by molar-refractivity contribution is 0.275. The van der Waals surface area contributed by atoms with E-state index >= 15 is 0 Å². The summed E-state index contributed by atoms with van der Waals surface area (Å²) in [4.78, 5) is 0.648. The van der Waals surface area contributed by atoms with Gasteiger partial charge in [0.2, 0.25) is 0 Å². The third-order valence-electron chi connectivity index (χ3n) is 4.23. The highest BCUT2D eigenvalue weighted by atomic mass is 79.9. The zero-order chi connectivity index (χ0) is 11.4. The molecule has 1 aromatic rings. The van der Waals surface area contributed by atoms with E-state index in [9.17, 15) is 0 Å².